The summed E-state index contributed by atoms with van der Waals surface area (Å²) in [6.07, 6.45) is 6.28. The molecule has 1 fully saturated rings. The van der Waals surface area contributed by atoms with E-state index in [4.69, 9.17) is 0 Å². The molecule has 21 heavy (non-hydrogen) atoms. The Bertz CT molecular complexity index is 517. The summed E-state index contributed by atoms with van der Waals surface area (Å²) in [6.45, 7) is 9.11. The Morgan fingerprint density at radius 1 is 1.24 bits per heavy atom. The molecule has 0 saturated heterocycles. The lowest BCUT2D eigenvalue weighted by Crippen LogP contribution is -2.32. The summed E-state index contributed by atoms with van der Waals surface area (Å²) < 4.78 is 0. The summed E-state index contributed by atoms with van der Waals surface area (Å²) in [5.41, 5.74) is 3.33. The van der Waals surface area contributed by atoms with Crippen LogP contribution < -0.4 is 5.32 Å². The van der Waals surface area contributed by atoms with Crippen molar-refractivity contribution in [2.24, 2.45) is 11.3 Å². The lowest BCUT2D eigenvalue weighted by atomic mass is 9.69. The lowest BCUT2D eigenvalue weighted by molar-refractivity contribution is 0.147. The summed E-state index contributed by atoms with van der Waals surface area (Å²) in [6, 6.07) is 8.92. The van der Waals surface area contributed by atoms with Gasteiger partial charge < -0.3 is 5.32 Å². The van der Waals surface area contributed by atoms with Crippen LogP contribution in [0, 0.1) is 29.6 Å². The van der Waals surface area contributed by atoms with Gasteiger partial charge in [-0.15, -0.1) is 0 Å². The highest BCUT2D eigenvalue weighted by Gasteiger charge is 2.31. The minimum atomic E-state index is 0.464. The minimum Gasteiger partial charge on any atom is -0.381 e. The van der Waals surface area contributed by atoms with Crippen LogP contribution in [0.4, 0.5) is 5.69 Å². The number of benzene rings is 1. The van der Waals surface area contributed by atoms with Crippen LogP contribution in [0.1, 0.15) is 64.0 Å². The summed E-state index contributed by atoms with van der Waals surface area (Å²) in [7, 11) is 0. The van der Waals surface area contributed by atoms with E-state index in [1.165, 1.54) is 32.1 Å². The molecule has 0 amide bonds. The molecule has 0 bridgehead atoms. The van der Waals surface area contributed by atoms with E-state index < -0.39 is 0 Å². The van der Waals surface area contributed by atoms with Crippen molar-refractivity contribution in [1.29, 1.82) is 5.26 Å². The van der Waals surface area contributed by atoms with Gasteiger partial charge in [0.1, 0.15) is 6.07 Å². The molecular formula is C19H28N2. The van der Waals surface area contributed by atoms with Crippen LogP contribution in [0.15, 0.2) is 18.2 Å². The van der Waals surface area contributed by atoms with E-state index in [1.807, 2.05) is 25.1 Å². The second kappa shape index (κ2) is 6.52. The zero-order chi connectivity index (χ0) is 15.5. The molecule has 0 aliphatic heterocycles. The average molecular weight is 284 g/mol. The van der Waals surface area contributed by atoms with Crippen LogP contribution in [0.3, 0.4) is 0 Å². The topological polar surface area (TPSA) is 35.8 Å². The maximum absolute atomic E-state index is 9.32. The molecule has 0 radical (unpaired) electrons. The number of aryl methyl sites for hydroxylation is 1. The van der Waals surface area contributed by atoms with Gasteiger partial charge in [0, 0.05) is 6.04 Å². The molecule has 1 N–H and O–H groups in total. The lowest BCUT2D eigenvalue weighted by Gasteiger charge is -2.39. The molecule has 0 atom stereocenters. The number of nitrogens with one attached hydrogen (secondary N) is 1. The van der Waals surface area contributed by atoms with Gasteiger partial charge in [-0.2, -0.15) is 5.26 Å². The smallest absolute Gasteiger partial charge is 0.102 e. The van der Waals surface area contributed by atoms with Gasteiger partial charge in [-0.1, -0.05) is 39.3 Å². The molecule has 2 rings (SSSR count). The summed E-state index contributed by atoms with van der Waals surface area (Å²) >= 11 is 0. The third kappa shape index (κ3) is 3.59. The van der Waals surface area contributed by atoms with Gasteiger partial charge in [-0.05, 0) is 55.6 Å². The van der Waals surface area contributed by atoms with Crippen LogP contribution in [0.5, 0.6) is 0 Å². The number of hydrogen-bond donors (Lipinski definition) is 1. The molecule has 1 aromatic rings. The third-order valence-corrected chi connectivity index (χ3v) is 5.49. The molecule has 1 aromatic carbocycles. The molecule has 114 valence electrons. The molecule has 0 unspecified atom stereocenters. The van der Waals surface area contributed by atoms with Crippen molar-refractivity contribution in [3.63, 3.8) is 0 Å². The van der Waals surface area contributed by atoms with Crippen molar-refractivity contribution < 1.29 is 0 Å². The van der Waals surface area contributed by atoms with E-state index in [1.54, 1.807) is 0 Å². The van der Waals surface area contributed by atoms with Crippen LogP contribution >= 0.6 is 0 Å². The largest absolute Gasteiger partial charge is 0.381 e. The van der Waals surface area contributed by atoms with E-state index >= 15 is 0 Å². The maximum Gasteiger partial charge on any atom is 0.102 e. The van der Waals surface area contributed by atoms with Crippen molar-refractivity contribution in [2.45, 2.75) is 65.8 Å². The van der Waals surface area contributed by atoms with Crippen LogP contribution in [0.25, 0.3) is 0 Å². The number of hydrogen-bond acceptors (Lipinski definition) is 2. The number of anilines is 1. The first-order valence-corrected chi connectivity index (χ1v) is 8.24. The van der Waals surface area contributed by atoms with Crippen molar-refractivity contribution >= 4 is 5.69 Å². The Labute approximate surface area is 129 Å². The highest BCUT2D eigenvalue weighted by atomic mass is 14.9. The van der Waals surface area contributed by atoms with E-state index in [9.17, 15) is 5.26 Å². The van der Waals surface area contributed by atoms with E-state index in [2.05, 4.69) is 32.2 Å². The van der Waals surface area contributed by atoms with Gasteiger partial charge in [-0.3, -0.25) is 0 Å². The zero-order valence-corrected chi connectivity index (χ0v) is 13.9. The SMILES string of the molecule is CCC(C)(C)C1CCC(Nc2cccc(C)c2C#N)CC1. The van der Waals surface area contributed by atoms with Crippen LogP contribution in [0.2, 0.25) is 0 Å². The number of nitriles is 1. The van der Waals surface area contributed by atoms with Crippen molar-refractivity contribution in [3.8, 4) is 6.07 Å². The van der Waals surface area contributed by atoms with Gasteiger partial charge in [0.25, 0.3) is 0 Å². The molecule has 0 heterocycles. The fourth-order valence-corrected chi connectivity index (χ4v) is 3.46. The predicted octanol–water partition coefficient (Wildman–Crippen LogP) is 5.27. The molecule has 1 aliphatic rings. The van der Waals surface area contributed by atoms with Crippen LogP contribution in [-0.2, 0) is 0 Å². The fourth-order valence-electron chi connectivity index (χ4n) is 3.46. The molecule has 2 heteroatoms. The molecule has 2 nitrogen and oxygen atoms in total. The van der Waals surface area contributed by atoms with Crippen molar-refractivity contribution in [3.05, 3.63) is 29.3 Å². The third-order valence-electron chi connectivity index (χ3n) is 5.49. The summed E-state index contributed by atoms with van der Waals surface area (Å²) in [5, 5.41) is 12.9. The molecule has 1 aliphatic carbocycles. The van der Waals surface area contributed by atoms with Gasteiger partial charge in [0.2, 0.25) is 0 Å². The van der Waals surface area contributed by atoms with Crippen LogP contribution in [-0.4, -0.2) is 6.04 Å². The fraction of sp³-hybridized carbons (Fsp3) is 0.632. The molecule has 0 spiro atoms. The first-order chi connectivity index (χ1) is 9.97. The Kier molecular flexibility index (Phi) is 4.93. The Morgan fingerprint density at radius 3 is 2.48 bits per heavy atom. The number of nitrogens with zero attached hydrogens (tertiary/aromatic N) is 1. The Morgan fingerprint density at radius 2 is 1.90 bits per heavy atom. The predicted molar refractivity (Wildman–Crippen MR) is 89.3 cm³/mol. The average Bonchev–Trinajstić information content (AvgIpc) is 2.48. The second-order valence-corrected chi connectivity index (χ2v) is 7.14. The van der Waals surface area contributed by atoms with Gasteiger partial charge in [-0.25, -0.2) is 0 Å². The monoisotopic (exact) mass is 284 g/mol. The summed E-state index contributed by atoms with van der Waals surface area (Å²) in [5.74, 6) is 0.841. The second-order valence-electron chi connectivity index (χ2n) is 7.14. The molecule has 0 aromatic heterocycles. The van der Waals surface area contributed by atoms with Gasteiger partial charge >= 0.3 is 0 Å². The minimum absolute atomic E-state index is 0.464. The normalized spacial score (nSPS) is 22.6. The summed E-state index contributed by atoms with van der Waals surface area (Å²) in [4.78, 5) is 0. The van der Waals surface area contributed by atoms with Crippen molar-refractivity contribution in [1.82, 2.24) is 0 Å². The Balaban J connectivity index is 1.99. The maximum atomic E-state index is 9.32. The quantitative estimate of drug-likeness (QED) is 0.817. The Hall–Kier alpha value is -1.49. The van der Waals surface area contributed by atoms with E-state index in [0.29, 0.717) is 11.5 Å². The zero-order valence-electron chi connectivity index (χ0n) is 13.9. The first kappa shape index (κ1) is 15.9. The highest BCUT2D eigenvalue weighted by molar-refractivity contribution is 5.61. The van der Waals surface area contributed by atoms with Gasteiger partial charge in [0.15, 0.2) is 0 Å². The van der Waals surface area contributed by atoms with Gasteiger partial charge in [0.05, 0.1) is 11.3 Å². The van der Waals surface area contributed by atoms with E-state index in [-0.39, 0.29) is 0 Å². The standard InChI is InChI=1S/C19H28N2/c1-5-19(3,4)15-9-11-16(12-10-15)21-18-8-6-7-14(2)17(18)13-20/h6-8,15-16,21H,5,9-12H2,1-4H3. The highest BCUT2D eigenvalue weighted by Crippen LogP contribution is 2.41. The molecule has 1 saturated carbocycles. The van der Waals surface area contributed by atoms with E-state index in [0.717, 1.165) is 22.7 Å². The number of rotatable bonds is 4. The first-order valence-electron chi connectivity index (χ1n) is 8.24. The van der Waals surface area contributed by atoms with Crippen molar-refractivity contribution in [2.75, 3.05) is 5.32 Å². The molecular weight excluding hydrogens is 256 g/mol.